The molecule has 0 N–H and O–H groups in total. The summed E-state index contributed by atoms with van der Waals surface area (Å²) in [4.78, 5) is 4.57. The van der Waals surface area contributed by atoms with Crippen LogP contribution in [0, 0.1) is 6.92 Å². The summed E-state index contributed by atoms with van der Waals surface area (Å²) in [7, 11) is 0. The smallest absolute Gasteiger partial charge is 0.0710 e. The Labute approximate surface area is 152 Å². The minimum atomic E-state index is -0.388. The molecule has 1 aliphatic rings. The normalized spacial score (nSPS) is 17.1. The summed E-state index contributed by atoms with van der Waals surface area (Å²) in [5, 5.41) is 0. The van der Waals surface area contributed by atoms with Gasteiger partial charge >= 0.3 is 0 Å². The molecular formula is C24H25N. The van der Waals surface area contributed by atoms with E-state index in [0.29, 0.717) is 0 Å². The second-order valence-electron chi connectivity index (χ2n) is 6.99. The van der Waals surface area contributed by atoms with Crippen molar-refractivity contribution < 1.29 is 1.37 Å². The molecule has 25 heavy (non-hydrogen) atoms. The van der Waals surface area contributed by atoms with Crippen LogP contribution in [0.25, 0.3) is 22.4 Å². The number of nitrogens with zero attached hydrogens (tertiary/aromatic N) is 1. The van der Waals surface area contributed by atoms with Gasteiger partial charge in [-0.15, -0.1) is 0 Å². The van der Waals surface area contributed by atoms with Gasteiger partial charge in [0.25, 0.3) is 0 Å². The van der Waals surface area contributed by atoms with Crippen LogP contribution in [0.1, 0.15) is 50.5 Å². The minimum Gasteiger partial charge on any atom is -0.256 e. The van der Waals surface area contributed by atoms with Crippen LogP contribution in [0.4, 0.5) is 0 Å². The number of hydrogen-bond acceptors (Lipinski definition) is 1. The van der Waals surface area contributed by atoms with E-state index in [0.717, 1.165) is 24.1 Å². The predicted molar refractivity (Wildman–Crippen MR) is 106 cm³/mol. The van der Waals surface area contributed by atoms with E-state index in [9.17, 15) is 0 Å². The summed E-state index contributed by atoms with van der Waals surface area (Å²) >= 11 is 0. The quantitative estimate of drug-likeness (QED) is 0.517. The van der Waals surface area contributed by atoms with E-state index in [2.05, 4.69) is 72.6 Å². The van der Waals surface area contributed by atoms with Gasteiger partial charge in [-0.2, -0.15) is 0 Å². The molecule has 0 radical (unpaired) electrons. The van der Waals surface area contributed by atoms with Crippen molar-refractivity contribution in [2.75, 3.05) is 0 Å². The van der Waals surface area contributed by atoms with E-state index in [1.165, 1.54) is 41.5 Å². The van der Waals surface area contributed by atoms with E-state index < -0.39 is 0 Å². The van der Waals surface area contributed by atoms with Crippen molar-refractivity contribution in [3.63, 3.8) is 0 Å². The largest absolute Gasteiger partial charge is 0.256 e. The number of aryl methyl sites for hydroxylation is 1. The number of benzene rings is 2. The Morgan fingerprint density at radius 1 is 0.880 bits per heavy atom. The summed E-state index contributed by atoms with van der Waals surface area (Å²) in [6.07, 6.45) is 7.48. The fraction of sp³-hybridized carbons (Fsp3) is 0.292. The van der Waals surface area contributed by atoms with Crippen molar-refractivity contribution in [3.8, 4) is 22.4 Å². The van der Waals surface area contributed by atoms with Crippen LogP contribution in [-0.4, -0.2) is 4.98 Å². The first kappa shape index (κ1) is 14.9. The molecule has 1 nitrogen and oxygen atoms in total. The van der Waals surface area contributed by atoms with Crippen LogP contribution in [0.15, 0.2) is 66.9 Å². The van der Waals surface area contributed by atoms with Crippen molar-refractivity contribution in [1.82, 2.24) is 4.98 Å². The maximum atomic E-state index is 8.80. The second kappa shape index (κ2) is 7.23. The summed E-state index contributed by atoms with van der Waals surface area (Å²) in [5.74, 6) is -0.388. The van der Waals surface area contributed by atoms with Crippen LogP contribution >= 0.6 is 0 Å². The van der Waals surface area contributed by atoms with Crippen molar-refractivity contribution in [2.24, 2.45) is 0 Å². The molecule has 2 aromatic carbocycles. The SMILES string of the molecule is [2H]C1(c2ccc(-c3ccnc(-c4ccccc4C)c3)cc2)CCCCC1. The number of rotatable bonds is 3. The minimum absolute atomic E-state index is 0.388. The van der Waals surface area contributed by atoms with Crippen molar-refractivity contribution in [1.29, 1.82) is 0 Å². The maximum Gasteiger partial charge on any atom is 0.0710 e. The Morgan fingerprint density at radius 2 is 1.64 bits per heavy atom. The Morgan fingerprint density at radius 3 is 2.40 bits per heavy atom. The summed E-state index contributed by atoms with van der Waals surface area (Å²) in [5.41, 5.74) is 6.94. The lowest BCUT2D eigenvalue weighted by molar-refractivity contribution is 0.443. The molecule has 0 saturated heterocycles. The van der Waals surface area contributed by atoms with Gasteiger partial charge in [-0.3, -0.25) is 4.98 Å². The molecular weight excluding hydrogens is 302 g/mol. The van der Waals surface area contributed by atoms with E-state index in [1.54, 1.807) is 0 Å². The van der Waals surface area contributed by atoms with Crippen LogP contribution < -0.4 is 0 Å². The summed E-state index contributed by atoms with van der Waals surface area (Å²) in [6.45, 7) is 2.12. The van der Waals surface area contributed by atoms with Gasteiger partial charge in [-0.05, 0) is 60.0 Å². The monoisotopic (exact) mass is 328 g/mol. The topological polar surface area (TPSA) is 12.9 Å². The molecule has 0 amide bonds. The second-order valence-corrected chi connectivity index (χ2v) is 6.99. The van der Waals surface area contributed by atoms with Gasteiger partial charge in [0.1, 0.15) is 0 Å². The molecule has 3 aromatic rings. The molecule has 1 saturated carbocycles. The summed E-state index contributed by atoms with van der Waals surface area (Å²) < 4.78 is 8.80. The highest BCUT2D eigenvalue weighted by Gasteiger charge is 2.15. The van der Waals surface area contributed by atoms with Gasteiger partial charge in [-0.25, -0.2) is 0 Å². The fourth-order valence-corrected chi connectivity index (χ4v) is 3.78. The standard InChI is InChI=1S/C24H25N/c1-18-7-5-6-10-23(18)24-17-22(15-16-25-24)21-13-11-20(12-14-21)19-8-3-2-4-9-19/h5-7,10-17,19H,2-4,8-9H2,1H3/i19D. The molecule has 1 fully saturated rings. The van der Waals surface area contributed by atoms with Crippen LogP contribution in [0.2, 0.25) is 0 Å². The Balaban J connectivity index is 1.64. The highest BCUT2D eigenvalue weighted by Crippen LogP contribution is 2.34. The van der Waals surface area contributed by atoms with Crippen LogP contribution in [-0.2, 0) is 0 Å². The maximum absolute atomic E-state index is 8.80. The molecule has 0 bridgehead atoms. The summed E-state index contributed by atoms with van der Waals surface area (Å²) in [6, 6.07) is 21.2. The Bertz CT molecular complexity index is 892. The molecule has 0 aliphatic heterocycles. The van der Waals surface area contributed by atoms with Gasteiger partial charge in [0.2, 0.25) is 0 Å². The molecule has 1 aliphatic carbocycles. The average molecular weight is 328 g/mol. The van der Waals surface area contributed by atoms with Crippen molar-refractivity contribution in [2.45, 2.75) is 44.9 Å². The van der Waals surface area contributed by atoms with Crippen LogP contribution in [0.5, 0.6) is 0 Å². The average Bonchev–Trinajstić information content (AvgIpc) is 2.69. The van der Waals surface area contributed by atoms with E-state index in [-0.39, 0.29) is 5.89 Å². The molecule has 4 rings (SSSR count). The third-order valence-electron chi connectivity index (χ3n) is 5.26. The predicted octanol–water partition coefficient (Wildman–Crippen LogP) is 6.77. The molecule has 126 valence electrons. The van der Waals surface area contributed by atoms with E-state index in [4.69, 9.17) is 1.37 Å². The number of aromatic nitrogens is 1. The first-order chi connectivity index (χ1) is 12.7. The van der Waals surface area contributed by atoms with Gasteiger partial charge in [-0.1, -0.05) is 67.8 Å². The lowest BCUT2D eigenvalue weighted by Gasteiger charge is -2.22. The van der Waals surface area contributed by atoms with Gasteiger partial charge in [0.15, 0.2) is 0 Å². The zero-order valence-electron chi connectivity index (χ0n) is 15.8. The zero-order valence-corrected chi connectivity index (χ0v) is 14.8. The lowest BCUT2D eigenvalue weighted by atomic mass is 9.84. The Hall–Kier alpha value is -2.41. The van der Waals surface area contributed by atoms with Crippen molar-refractivity contribution >= 4 is 0 Å². The van der Waals surface area contributed by atoms with E-state index >= 15 is 0 Å². The third kappa shape index (κ3) is 3.51. The lowest BCUT2D eigenvalue weighted by Crippen LogP contribution is -2.04. The van der Waals surface area contributed by atoms with E-state index in [1.807, 2.05) is 6.20 Å². The first-order valence-corrected chi connectivity index (χ1v) is 9.29. The highest BCUT2D eigenvalue weighted by atomic mass is 14.7. The molecule has 1 aromatic heterocycles. The Kier molecular flexibility index (Phi) is 4.30. The molecule has 0 atom stereocenters. The third-order valence-corrected chi connectivity index (χ3v) is 5.26. The molecule has 0 spiro atoms. The number of pyridine rings is 1. The fourth-order valence-electron chi connectivity index (χ4n) is 3.78. The molecule has 1 heteroatoms. The van der Waals surface area contributed by atoms with Gasteiger partial charge in [0, 0.05) is 13.1 Å². The zero-order chi connectivity index (χ0) is 18.0. The molecule has 0 unspecified atom stereocenters. The van der Waals surface area contributed by atoms with Crippen LogP contribution in [0.3, 0.4) is 0 Å². The van der Waals surface area contributed by atoms with Gasteiger partial charge < -0.3 is 0 Å². The highest BCUT2D eigenvalue weighted by molar-refractivity contribution is 5.71. The number of hydrogen-bond donors (Lipinski definition) is 0. The van der Waals surface area contributed by atoms with Gasteiger partial charge in [0.05, 0.1) is 5.69 Å². The molecule has 1 heterocycles. The first-order valence-electron chi connectivity index (χ1n) is 9.79. The van der Waals surface area contributed by atoms with Crippen molar-refractivity contribution in [3.05, 3.63) is 78.0 Å².